The molecular weight excluding hydrogens is 324 g/mol. The molecule has 1 aliphatic rings. The molecule has 0 bridgehead atoms. The number of carbonyl (C=O) groups excluding carboxylic acids is 1. The van der Waals surface area contributed by atoms with E-state index in [0.29, 0.717) is 24.9 Å². The molecule has 0 aromatic heterocycles. The van der Waals surface area contributed by atoms with Crippen LogP contribution in [0.3, 0.4) is 0 Å². The van der Waals surface area contributed by atoms with E-state index in [1.54, 1.807) is 0 Å². The van der Waals surface area contributed by atoms with Gasteiger partial charge in [0.1, 0.15) is 12.4 Å². The fourth-order valence-corrected chi connectivity index (χ4v) is 3.47. The summed E-state index contributed by atoms with van der Waals surface area (Å²) >= 11 is 0. The summed E-state index contributed by atoms with van der Waals surface area (Å²) in [5, 5.41) is 6.51. The van der Waals surface area contributed by atoms with Crippen LogP contribution in [0, 0.1) is 11.8 Å². The van der Waals surface area contributed by atoms with Gasteiger partial charge in [-0.05, 0) is 56.0 Å². The van der Waals surface area contributed by atoms with Crippen LogP contribution in [0.4, 0.5) is 5.69 Å². The van der Waals surface area contributed by atoms with Crippen molar-refractivity contribution in [1.82, 2.24) is 5.32 Å². The highest BCUT2D eigenvalue weighted by Gasteiger charge is 2.22. The Balaban J connectivity index is 1.56. The van der Waals surface area contributed by atoms with E-state index < -0.39 is 0 Å². The van der Waals surface area contributed by atoms with Crippen molar-refractivity contribution in [1.29, 1.82) is 0 Å². The number of hydrogen-bond donors (Lipinski definition) is 2. The number of carbonyl (C=O) groups is 1. The first-order valence-corrected chi connectivity index (χ1v) is 9.48. The summed E-state index contributed by atoms with van der Waals surface area (Å²) < 4.78 is 5.83. The van der Waals surface area contributed by atoms with Crippen LogP contribution >= 0.6 is 0 Å². The molecule has 1 aliphatic heterocycles. The van der Waals surface area contributed by atoms with Gasteiger partial charge in [-0.15, -0.1) is 0 Å². The second kappa shape index (κ2) is 9.39. The lowest BCUT2D eigenvalue weighted by Gasteiger charge is -2.28. The topological polar surface area (TPSA) is 50.4 Å². The second-order valence-corrected chi connectivity index (χ2v) is 7.09. The number of anilines is 1. The summed E-state index contributed by atoms with van der Waals surface area (Å²) in [5.41, 5.74) is 1.82. The second-order valence-electron chi connectivity index (χ2n) is 7.09. The van der Waals surface area contributed by atoms with Gasteiger partial charge in [-0.2, -0.15) is 0 Å². The Kier molecular flexibility index (Phi) is 6.67. The minimum atomic E-state index is 0.0789. The average Bonchev–Trinajstić information content (AvgIpc) is 2.68. The summed E-state index contributed by atoms with van der Waals surface area (Å²) in [6.45, 7) is 4.74. The number of nitrogens with one attached hydrogen (secondary N) is 2. The third-order valence-corrected chi connectivity index (χ3v) is 5.08. The Morgan fingerprint density at radius 1 is 1.19 bits per heavy atom. The fourth-order valence-electron chi connectivity index (χ4n) is 3.47. The van der Waals surface area contributed by atoms with Crippen molar-refractivity contribution >= 4 is 11.6 Å². The van der Waals surface area contributed by atoms with Crippen LogP contribution < -0.4 is 15.4 Å². The highest BCUT2D eigenvalue weighted by molar-refractivity contribution is 5.91. The van der Waals surface area contributed by atoms with Crippen LogP contribution in [0.25, 0.3) is 0 Å². The van der Waals surface area contributed by atoms with Crippen LogP contribution in [-0.4, -0.2) is 19.0 Å². The zero-order valence-corrected chi connectivity index (χ0v) is 15.4. The molecule has 0 saturated carbocycles. The lowest BCUT2D eigenvalue weighted by atomic mass is 9.85. The first-order valence-electron chi connectivity index (χ1n) is 9.48. The van der Waals surface area contributed by atoms with Gasteiger partial charge in [-0.25, -0.2) is 0 Å². The maximum absolute atomic E-state index is 12.5. The van der Waals surface area contributed by atoms with E-state index >= 15 is 0 Å². The van der Waals surface area contributed by atoms with Gasteiger partial charge in [-0.1, -0.05) is 43.3 Å². The molecule has 1 heterocycles. The molecule has 2 unspecified atom stereocenters. The quantitative estimate of drug-likeness (QED) is 0.784. The molecule has 1 fully saturated rings. The highest BCUT2D eigenvalue weighted by atomic mass is 16.5. The van der Waals surface area contributed by atoms with Crippen molar-refractivity contribution < 1.29 is 9.53 Å². The van der Waals surface area contributed by atoms with Gasteiger partial charge in [-0.3, -0.25) is 4.79 Å². The number of piperidine rings is 1. The zero-order valence-electron chi connectivity index (χ0n) is 15.4. The van der Waals surface area contributed by atoms with Crippen LogP contribution in [0.1, 0.15) is 31.7 Å². The predicted octanol–water partition coefficient (Wildman–Crippen LogP) is 4.23. The van der Waals surface area contributed by atoms with Crippen LogP contribution in [-0.2, 0) is 11.4 Å². The third kappa shape index (κ3) is 5.33. The molecule has 3 rings (SSSR count). The monoisotopic (exact) mass is 352 g/mol. The molecule has 0 radical (unpaired) electrons. The van der Waals surface area contributed by atoms with E-state index in [9.17, 15) is 4.79 Å². The summed E-state index contributed by atoms with van der Waals surface area (Å²) in [7, 11) is 0. The van der Waals surface area contributed by atoms with Crippen molar-refractivity contribution in [2.45, 2.75) is 32.8 Å². The van der Waals surface area contributed by atoms with Crippen molar-refractivity contribution in [2.75, 3.05) is 18.4 Å². The number of amides is 1. The molecule has 1 saturated heterocycles. The molecule has 4 nitrogen and oxygen atoms in total. The number of ether oxygens (including phenoxy) is 1. The van der Waals surface area contributed by atoms with Crippen molar-refractivity contribution in [2.24, 2.45) is 11.8 Å². The van der Waals surface area contributed by atoms with Gasteiger partial charge >= 0.3 is 0 Å². The molecular formula is C22H28N2O2. The number of benzene rings is 2. The highest BCUT2D eigenvalue weighted by Crippen LogP contribution is 2.24. The van der Waals surface area contributed by atoms with Crippen LogP contribution in [0.5, 0.6) is 5.75 Å². The molecule has 0 spiro atoms. The van der Waals surface area contributed by atoms with Crippen molar-refractivity contribution in [3.8, 4) is 5.75 Å². The SMILES string of the molecule is CC(CC(=O)Nc1ccccc1COc1ccccc1)C1CCCNC1. The molecule has 2 aromatic rings. The average molecular weight is 352 g/mol. The molecule has 138 valence electrons. The Hall–Kier alpha value is -2.33. The fraction of sp³-hybridized carbons (Fsp3) is 0.409. The van der Waals surface area contributed by atoms with E-state index in [-0.39, 0.29) is 5.91 Å². The molecule has 2 atom stereocenters. The normalized spacial score (nSPS) is 18.1. The molecule has 0 aliphatic carbocycles. The van der Waals surface area contributed by atoms with Gasteiger partial charge in [0.15, 0.2) is 0 Å². The Morgan fingerprint density at radius 3 is 2.73 bits per heavy atom. The lowest BCUT2D eigenvalue weighted by molar-refractivity contribution is -0.117. The van der Waals surface area contributed by atoms with E-state index in [1.165, 1.54) is 12.8 Å². The first-order chi connectivity index (χ1) is 12.7. The molecule has 2 aromatic carbocycles. The van der Waals surface area contributed by atoms with Crippen molar-refractivity contribution in [3.05, 3.63) is 60.2 Å². The molecule has 26 heavy (non-hydrogen) atoms. The number of para-hydroxylation sites is 2. The summed E-state index contributed by atoms with van der Waals surface area (Å²) in [6.07, 6.45) is 2.97. The summed E-state index contributed by atoms with van der Waals surface area (Å²) in [4.78, 5) is 12.5. The molecule has 4 heteroatoms. The number of hydrogen-bond acceptors (Lipinski definition) is 3. The minimum absolute atomic E-state index is 0.0789. The maximum Gasteiger partial charge on any atom is 0.224 e. The zero-order chi connectivity index (χ0) is 18.2. The Labute approximate surface area is 156 Å². The largest absolute Gasteiger partial charge is 0.489 e. The van der Waals surface area contributed by atoms with Crippen LogP contribution in [0.2, 0.25) is 0 Å². The van der Waals surface area contributed by atoms with E-state index in [2.05, 4.69) is 17.6 Å². The van der Waals surface area contributed by atoms with E-state index in [4.69, 9.17) is 4.74 Å². The Morgan fingerprint density at radius 2 is 1.96 bits per heavy atom. The third-order valence-electron chi connectivity index (χ3n) is 5.08. The van der Waals surface area contributed by atoms with Crippen LogP contribution in [0.15, 0.2) is 54.6 Å². The standard InChI is InChI=1S/C22H28N2O2/c1-17(18-9-7-13-23-15-18)14-22(25)24-21-12-6-5-8-19(21)16-26-20-10-3-2-4-11-20/h2-6,8,10-12,17-18,23H,7,9,13-16H2,1H3,(H,24,25). The van der Waals surface area contributed by atoms with Crippen molar-refractivity contribution in [3.63, 3.8) is 0 Å². The number of rotatable bonds is 7. The summed E-state index contributed by atoms with van der Waals surface area (Å²) in [5.74, 6) is 1.88. The lowest BCUT2D eigenvalue weighted by Crippen LogP contribution is -2.34. The smallest absolute Gasteiger partial charge is 0.224 e. The molecule has 1 amide bonds. The Bertz CT molecular complexity index is 696. The first kappa shape index (κ1) is 18.5. The minimum Gasteiger partial charge on any atom is -0.489 e. The molecule has 2 N–H and O–H groups in total. The maximum atomic E-state index is 12.5. The van der Waals surface area contributed by atoms with E-state index in [1.807, 2.05) is 54.6 Å². The van der Waals surface area contributed by atoms with Gasteiger partial charge < -0.3 is 15.4 Å². The van der Waals surface area contributed by atoms with Gasteiger partial charge in [0, 0.05) is 17.7 Å². The predicted molar refractivity (Wildman–Crippen MR) is 105 cm³/mol. The van der Waals surface area contributed by atoms with Gasteiger partial charge in [0.25, 0.3) is 0 Å². The van der Waals surface area contributed by atoms with Gasteiger partial charge in [0.05, 0.1) is 0 Å². The van der Waals surface area contributed by atoms with E-state index in [0.717, 1.165) is 30.1 Å². The van der Waals surface area contributed by atoms with Gasteiger partial charge in [0.2, 0.25) is 5.91 Å². The summed E-state index contributed by atoms with van der Waals surface area (Å²) in [6, 6.07) is 17.6.